The number of carbonyl (C=O) groups excluding carboxylic acids is 1. The molecule has 2 aromatic heterocycles. The second kappa shape index (κ2) is 4.94. The number of benzene rings is 1. The van der Waals surface area contributed by atoms with Crippen molar-refractivity contribution in [1.29, 1.82) is 0 Å². The lowest BCUT2D eigenvalue weighted by molar-refractivity contribution is 0.104. The highest BCUT2D eigenvalue weighted by atomic mass is 32.1. The van der Waals surface area contributed by atoms with Gasteiger partial charge in [-0.3, -0.25) is 4.79 Å². The van der Waals surface area contributed by atoms with E-state index in [4.69, 9.17) is 10.2 Å². The SMILES string of the molecule is Cc1cccc(C(=O)c2sc(N)nc2-c2ccco2)c1. The van der Waals surface area contributed by atoms with Gasteiger partial charge in [0.05, 0.1) is 6.26 Å². The molecule has 0 atom stereocenters. The fourth-order valence-electron chi connectivity index (χ4n) is 1.99. The van der Waals surface area contributed by atoms with E-state index in [1.807, 2.05) is 25.1 Å². The van der Waals surface area contributed by atoms with Gasteiger partial charge in [-0.15, -0.1) is 0 Å². The summed E-state index contributed by atoms with van der Waals surface area (Å²) in [6.07, 6.45) is 1.55. The fraction of sp³-hybridized carbons (Fsp3) is 0.0667. The summed E-state index contributed by atoms with van der Waals surface area (Å²) >= 11 is 1.18. The fourth-order valence-corrected chi connectivity index (χ4v) is 2.79. The quantitative estimate of drug-likeness (QED) is 0.747. The number of thiazole rings is 1. The van der Waals surface area contributed by atoms with E-state index in [-0.39, 0.29) is 5.78 Å². The third kappa shape index (κ3) is 2.23. The van der Waals surface area contributed by atoms with Crippen molar-refractivity contribution >= 4 is 22.3 Å². The van der Waals surface area contributed by atoms with Crippen LogP contribution in [0.5, 0.6) is 0 Å². The predicted molar refractivity (Wildman–Crippen MR) is 78.8 cm³/mol. The summed E-state index contributed by atoms with van der Waals surface area (Å²) in [6, 6.07) is 11.0. The Morgan fingerprint density at radius 3 is 2.85 bits per heavy atom. The number of nitrogens with zero attached hydrogens (tertiary/aromatic N) is 1. The molecule has 20 heavy (non-hydrogen) atoms. The number of nitrogen functional groups attached to an aromatic ring is 1. The highest BCUT2D eigenvalue weighted by Crippen LogP contribution is 2.31. The molecular weight excluding hydrogens is 272 g/mol. The van der Waals surface area contributed by atoms with Gasteiger partial charge in [0, 0.05) is 5.56 Å². The molecule has 1 aromatic carbocycles. The van der Waals surface area contributed by atoms with Crippen molar-refractivity contribution in [3.8, 4) is 11.5 Å². The lowest BCUT2D eigenvalue weighted by Crippen LogP contribution is -2.00. The van der Waals surface area contributed by atoms with E-state index in [9.17, 15) is 4.79 Å². The van der Waals surface area contributed by atoms with Gasteiger partial charge in [-0.2, -0.15) is 0 Å². The molecule has 0 fully saturated rings. The first-order valence-corrected chi connectivity index (χ1v) is 6.88. The summed E-state index contributed by atoms with van der Waals surface area (Å²) in [5.41, 5.74) is 7.91. The van der Waals surface area contributed by atoms with Gasteiger partial charge >= 0.3 is 0 Å². The van der Waals surface area contributed by atoms with Crippen molar-refractivity contribution in [1.82, 2.24) is 4.98 Å². The van der Waals surface area contributed by atoms with Gasteiger partial charge in [0.2, 0.25) is 5.78 Å². The van der Waals surface area contributed by atoms with Gasteiger partial charge in [0.15, 0.2) is 10.9 Å². The topological polar surface area (TPSA) is 69.1 Å². The van der Waals surface area contributed by atoms with Crippen LogP contribution >= 0.6 is 11.3 Å². The molecule has 0 radical (unpaired) electrons. The zero-order chi connectivity index (χ0) is 14.1. The minimum atomic E-state index is -0.0886. The van der Waals surface area contributed by atoms with Gasteiger partial charge in [0.25, 0.3) is 0 Å². The maximum atomic E-state index is 12.6. The normalized spacial score (nSPS) is 10.7. The number of hydrogen-bond donors (Lipinski definition) is 1. The molecule has 0 unspecified atom stereocenters. The van der Waals surface area contributed by atoms with Crippen LogP contribution in [0.25, 0.3) is 11.5 Å². The third-order valence-corrected chi connectivity index (χ3v) is 3.77. The van der Waals surface area contributed by atoms with Crippen LogP contribution in [-0.4, -0.2) is 10.8 Å². The summed E-state index contributed by atoms with van der Waals surface area (Å²) in [6.45, 7) is 1.95. The monoisotopic (exact) mass is 284 g/mol. The van der Waals surface area contributed by atoms with Crippen LogP contribution in [0.3, 0.4) is 0 Å². The zero-order valence-corrected chi connectivity index (χ0v) is 11.6. The molecule has 3 rings (SSSR count). The molecule has 0 aliphatic carbocycles. The molecule has 0 aliphatic rings. The maximum absolute atomic E-state index is 12.6. The van der Waals surface area contributed by atoms with Crippen molar-refractivity contribution in [2.45, 2.75) is 6.92 Å². The van der Waals surface area contributed by atoms with Crippen LogP contribution in [0.4, 0.5) is 5.13 Å². The second-order valence-electron chi connectivity index (χ2n) is 4.41. The zero-order valence-electron chi connectivity index (χ0n) is 10.8. The van der Waals surface area contributed by atoms with E-state index in [0.717, 1.165) is 5.56 Å². The van der Waals surface area contributed by atoms with Crippen LogP contribution < -0.4 is 5.73 Å². The molecule has 100 valence electrons. The van der Waals surface area contributed by atoms with Crippen LogP contribution in [0.15, 0.2) is 47.1 Å². The van der Waals surface area contributed by atoms with Crippen molar-refractivity contribution in [2.24, 2.45) is 0 Å². The molecule has 0 saturated heterocycles. The van der Waals surface area contributed by atoms with Crippen LogP contribution in [-0.2, 0) is 0 Å². The first-order valence-electron chi connectivity index (χ1n) is 6.06. The van der Waals surface area contributed by atoms with Crippen LogP contribution in [0.1, 0.15) is 20.8 Å². The van der Waals surface area contributed by atoms with E-state index in [1.165, 1.54) is 11.3 Å². The first-order chi connectivity index (χ1) is 9.65. The lowest BCUT2D eigenvalue weighted by atomic mass is 10.1. The lowest BCUT2D eigenvalue weighted by Gasteiger charge is -2.01. The molecule has 3 aromatic rings. The highest BCUT2D eigenvalue weighted by molar-refractivity contribution is 7.18. The molecule has 4 nitrogen and oxygen atoms in total. The minimum absolute atomic E-state index is 0.0886. The third-order valence-electron chi connectivity index (χ3n) is 2.88. The Hall–Kier alpha value is -2.40. The Morgan fingerprint density at radius 2 is 2.15 bits per heavy atom. The van der Waals surface area contributed by atoms with Gasteiger partial charge < -0.3 is 10.2 Å². The number of anilines is 1. The number of aryl methyl sites for hydroxylation is 1. The van der Waals surface area contributed by atoms with Crippen molar-refractivity contribution in [3.05, 3.63) is 58.7 Å². The number of nitrogens with two attached hydrogens (primary N) is 1. The smallest absolute Gasteiger partial charge is 0.205 e. The number of hydrogen-bond acceptors (Lipinski definition) is 5. The van der Waals surface area contributed by atoms with Crippen molar-refractivity contribution < 1.29 is 9.21 Å². The van der Waals surface area contributed by atoms with Crippen LogP contribution in [0, 0.1) is 6.92 Å². The number of carbonyl (C=O) groups is 1. The molecule has 2 N–H and O–H groups in total. The molecule has 0 spiro atoms. The van der Waals surface area contributed by atoms with Gasteiger partial charge in [-0.25, -0.2) is 4.98 Å². The largest absolute Gasteiger partial charge is 0.463 e. The number of ketones is 1. The molecule has 0 amide bonds. The van der Waals surface area contributed by atoms with Gasteiger partial charge in [-0.05, 0) is 25.1 Å². The molecule has 0 saturated carbocycles. The number of furan rings is 1. The molecule has 5 heteroatoms. The molecule has 2 heterocycles. The van der Waals surface area contributed by atoms with E-state index >= 15 is 0 Å². The van der Waals surface area contributed by atoms with Crippen LogP contribution in [0.2, 0.25) is 0 Å². The summed E-state index contributed by atoms with van der Waals surface area (Å²) in [7, 11) is 0. The summed E-state index contributed by atoms with van der Waals surface area (Å²) in [5, 5.41) is 0.354. The standard InChI is InChI=1S/C15H12N2O2S/c1-9-4-2-5-10(8-9)13(18)14-12(17-15(16)20-14)11-6-3-7-19-11/h2-8H,1H3,(H2,16,17). The average Bonchev–Trinajstić information content (AvgIpc) is 3.06. The summed E-state index contributed by atoms with van der Waals surface area (Å²) < 4.78 is 5.32. The number of rotatable bonds is 3. The van der Waals surface area contributed by atoms with E-state index in [1.54, 1.807) is 24.5 Å². The highest BCUT2D eigenvalue weighted by Gasteiger charge is 2.21. The van der Waals surface area contributed by atoms with E-state index in [2.05, 4.69) is 4.98 Å². The minimum Gasteiger partial charge on any atom is -0.463 e. The van der Waals surface area contributed by atoms with Crippen molar-refractivity contribution in [2.75, 3.05) is 5.73 Å². The Labute approximate surface area is 119 Å². The first kappa shape index (κ1) is 12.6. The number of aromatic nitrogens is 1. The second-order valence-corrected chi connectivity index (χ2v) is 5.44. The Kier molecular flexibility index (Phi) is 3.12. The molecule has 0 aliphatic heterocycles. The van der Waals surface area contributed by atoms with Gasteiger partial charge in [0.1, 0.15) is 10.6 Å². The average molecular weight is 284 g/mol. The maximum Gasteiger partial charge on any atom is 0.205 e. The summed E-state index contributed by atoms with van der Waals surface area (Å²) in [4.78, 5) is 17.3. The van der Waals surface area contributed by atoms with E-state index in [0.29, 0.717) is 27.0 Å². The predicted octanol–water partition coefficient (Wildman–Crippen LogP) is 3.52. The Bertz CT molecular complexity index is 760. The molecule has 0 bridgehead atoms. The van der Waals surface area contributed by atoms with E-state index < -0.39 is 0 Å². The molecular formula is C15H12N2O2S. The Balaban J connectivity index is 2.09. The Morgan fingerprint density at radius 1 is 1.30 bits per heavy atom. The van der Waals surface area contributed by atoms with Gasteiger partial charge in [-0.1, -0.05) is 35.1 Å². The summed E-state index contributed by atoms with van der Waals surface area (Å²) in [5.74, 6) is 0.461. The van der Waals surface area contributed by atoms with Crippen molar-refractivity contribution in [3.63, 3.8) is 0 Å².